The molecule has 0 aromatic heterocycles. The molecule has 2 atom stereocenters. The van der Waals surface area contributed by atoms with Crippen LogP contribution < -0.4 is 10.5 Å². The van der Waals surface area contributed by atoms with Crippen molar-refractivity contribution in [1.82, 2.24) is 0 Å². The van der Waals surface area contributed by atoms with Crippen LogP contribution in [0.5, 0.6) is 5.75 Å². The van der Waals surface area contributed by atoms with Crippen molar-refractivity contribution in [2.75, 3.05) is 0 Å². The summed E-state index contributed by atoms with van der Waals surface area (Å²) in [6, 6.07) is 5.55. The molecule has 92 valence electrons. The van der Waals surface area contributed by atoms with Gasteiger partial charge in [-0.2, -0.15) is 0 Å². The number of aliphatic hydroxyl groups excluding tert-OH is 1. The van der Waals surface area contributed by atoms with E-state index in [-0.39, 0.29) is 0 Å². The predicted molar refractivity (Wildman–Crippen MR) is 63.6 cm³/mol. The van der Waals surface area contributed by atoms with Crippen LogP contribution >= 0.6 is 0 Å². The maximum Gasteiger partial charge on any atom is 0.258 e. The van der Waals surface area contributed by atoms with Gasteiger partial charge in [-0.3, -0.25) is 4.79 Å². The summed E-state index contributed by atoms with van der Waals surface area (Å²) in [5, 5.41) is 9.76. The van der Waals surface area contributed by atoms with E-state index in [1.54, 1.807) is 0 Å². The van der Waals surface area contributed by atoms with Gasteiger partial charge in [0, 0.05) is 5.56 Å². The summed E-state index contributed by atoms with van der Waals surface area (Å²) in [5.41, 5.74) is 7.16. The van der Waals surface area contributed by atoms with Crippen LogP contribution in [0.25, 0.3) is 0 Å². The maximum absolute atomic E-state index is 11.1. The number of hydrogen-bond acceptors (Lipinski definition) is 3. The number of amides is 1. The van der Waals surface area contributed by atoms with Crippen LogP contribution in [0.4, 0.5) is 0 Å². The van der Waals surface area contributed by atoms with Gasteiger partial charge in [0.25, 0.3) is 5.91 Å². The lowest BCUT2D eigenvalue weighted by Crippen LogP contribution is -2.33. The molecule has 1 aliphatic rings. The number of primary amides is 1. The number of fused-ring (bicyclic) bond motifs is 1. The van der Waals surface area contributed by atoms with Gasteiger partial charge in [-0.05, 0) is 30.9 Å². The Balaban J connectivity index is 2.25. The van der Waals surface area contributed by atoms with Crippen molar-refractivity contribution in [3.8, 4) is 5.75 Å². The lowest BCUT2D eigenvalue weighted by atomic mass is 10.1. The number of aliphatic hydroxyl groups is 1. The van der Waals surface area contributed by atoms with Crippen molar-refractivity contribution >= 4 is 5.91 Å². The van der Waals surface area contributed by atoms with E-state index in [2.05, 4.69) is 0 Å². The average Bonchev–Trinajstić information content (AvgIpc) is 2.69. The summed E-state index contributed by atoms with van der Waals surface area (Å²) in [6.07, 6.45) is 1.02. The summed E-state index contributed by atoms with van der Waals surface area (Å²) in [7, 11) is 0. The smallest absolute Gasteiger partial charge is 0.258 e. The lowest BCUT2D eigenvalue weighted by molar-refractivity contribution is -0.124. The van der Waals surface area contributed by atoms with E-state index in [1.807, 2.05) is 25.1 Å². The Hall–Kier alpha value is -1.55. The predicted octanol–water partition coefficient (Wildman–Crippen LogP) is 1.31. The lowest BCUT2D eigenvalue weighted by Gasteiger charge is -2.17. The van der Waals surface area contributed by atoms with Crippen molar-refractivity contribution in [3.05, 3.63) is 29.3 Å². The Morgan fingerprint density at radius 1 is 1.65 bits per heavy atom. The normalized spacial score (nSPS) is 19.8. The first kappa shape index (κ1) is 11.9. The minimum Gasteiger partial charge on any atom is -0.480 e. The first-order chi connectivity index (χ1) is 8.13. The standard InChI is InChI=1S/C13H17NO3/c1-2-11(13(14)16)17-12-5-3-4-8-9(12)6-7-10(8)15/h3-5,10-11,15H,2,6-7H2,1H3,(H2,14,16). The van der Waals surface area contributed by atoms with E-state index in [0.717, 1.165) is 17.5 Å². The van der Waals surface area contributed by atoms with Crippen LogP contribution in [0.15, 0.2) is 18.2 Å². The molecule has 1 aromatic rings. The Morgan fingerprint density at radius 3 is 3.06 bits per heavy atom. The molecule has 2 unspecified atom stereocenters. The molecule has 1 aliphatic carbocycles. The van der Waals surface area contributed by atoms with E-state index >= 15 is 0 Å². The molecule has 0 radical (unpaired) electrons. The zero-order valence-electron chi connectivity index (χ0n) is 9.85. The first-order valence-corrected chi connectivity index (χ1v) is 5.89. The van der Waals surface area contributed by atoms with Crippen LogP contribution in [-0.4, -0.2) is 17.1 Å². The second-order valence-corrected chi connectivity index (χ2v) is 4.30. The monoisotopic (exact) mass is 235 g/mol. The quantitative estimate of drug-likeness (QED) is 0.826. The summed E-state index contributed by atoms with van der Waals surface area (Å²) >= 11 is 0. The highest BCUT2D eigenvalue weighted by atomic mass is 16.5. The molecule has 4 heteroatoms. The molecule has 0 saturated heterocycles. The van der Waals surface area contributed by atoms with Crippen LogP contribution in [-0.2, 0) is 11.2 Å². The molecule has 17 heavy (non-hydrogen) atoms. The van der Waals surface area contributed by atoms with Crippen molar-refractivity contribution in [2.24, 2.45) is 5.73 Å². The van der Waals surface area contributed by atoms with E-state index in [0.29, 0.717) is 18.6 Å². The number of nitrogens with two attached hydrogens (primary N) is 1. The average molecular weight is 235 g/mol. The van der Waals surface area contributed by atoms with Crippen LogP contribution in [0.2, 0.25) is 0 Å². The molecule has 0 aliphatic heterocycles. The Kier molecular flexibility index (Phi) is 3.33. The molecule has 0 heterocycles. The number of benzene rings is 1. The van der Waals surface area contributed by atoms with E-state index in [9.17, 15) is 9.90 Å². The minimum absolute atomic E-state index is 0.415. The van der Waals surface area contributed by atoms with Crippen LogP contribution in [0.3, 0.4) is 0 Å². The van der Waals surface area contributed by atoms with Gasteiger partial charge in [-0.15, -0.1) is 0 Å². The maximum atomic E-state index is 11.1. The fourth-order valence-electron chi connectivity index (χ4n) is 2.21. The Labute approximate surface area is 100 Å². The second kappa shape index (κ2) is 4.75. The zero-order valence-corrected chi connectivity index (χ0v) is 9.85. The highest BCUT2D eigenvalue weighted by molar-refractivity contribution is 5.79. The van der Waals surface area contributed by atoms with E-state index < -0.39 is 18.1 Å². The molecular formula is C13H17NO3. The Bertz CT molecular complexity index is 431. The van der Waals surface area contributed by atoms with Gasteiger partial charge >= 0.3 is 0 Å². The fraction of sp³-hybridized carbons (Fsp3) is 0.462. The molecule has 1 amide bonds. The highest BCUT2D eigenvalue weighted by Gasteiger charge is 2.25. The van der Waals surface area contributed by atoms with Crippen LogP contribution in [0, 0.1) is 0 Å². The second-order valence-electron chi connectivity index (χ2n) is 4.30. The van der Waals surface area contributed by atoms with Gasteiger partial charge < -0.3 is 15.6 Å². The molecule has 3 N–H and O–H groups in total. The van der Waals surface area contributed by atoms with Gasteiger partial charge in [0.05, 0.1) is 6.10 Å². The van der Waals surface area contributed by atoms with Gasteiger partial charge in [0.2, 0.25) is 0 Å². The van der Waals surface area contributed by atoms with Crippen molar-refractivity contribution in [1.29, 1.82) is 0 Å². The largest absolute Gasteiger partial charge is 0.480 e. The number of carbonyl (C=O) groups excluding carboxylic acids is 1. The van der Waals surface area contributed by atoms with Gasteiger partial charge in [0.1, 0.15) is 5.75 Å². The van der Waals surface area contributed by atoms with Gasteiger partial charge in [0.15, 0.2) is 6.10 Å². The summed E-state index contributed by atoms with van der Waals surface area (Å²) in [5.74, 6) is 0.216. The molecule has 0 bridgehead atoms. The SMILES string of the molecule is CCC(Oc1cccc2c1CCC2O)C(N)=O. The van der Waals surface area contributed by atoms with Crippen molar-refractivity contribution in [2.45, 2.75) is 38.4 Å². The van der Waals surface area contributed by atoms with Crippen molar-refractivity contribution < 1.29 is 14.6 Å². The number of hydrogen-bond donors (Lipinski definition) is 2. The van der Waals surface area contributed by atoms with E-state index in [1.165, 1.54) is 0 Å². The summed E-state index contributed by atoms with van der Waals surface area (Å²) < 4.78 is 5.63. The fourth-order valence-corrected chi connectivity index (χ4v) is 2.21. The molecule has 1 aromatic carbocycles. The number of carbonyl (C=O) groups is 1. The summed E-state index contributed by atoms with van der Waals surface area (Å²) in [6.45, 7) is 1.85. The minimum atomic E-state index is -0.598. The zero-order chi connectivity index (χ0) is 12.4. The molecule has 0 spiro atoms. The Morgan fingerprint density at radius 2 is 2.41 bits per heavy atom. The molecular weight excluding hydrogens is 218 g/mol. The third-order valence-electron chi connectivity index (χ3n) is 3.15. The number of rotatable bonds is 4. The molecule has 0 saturated carbocycles. The van der Waals surface area contributed by atoms with E-state index in [4.69, 9.17) is 10.5 Å². The molecule has 2 rings (SSSR count). The molecule has 0 fully saturated rings. The first-order valence-electron chi connectivity index (χ1n) is 5.89. The third kappa shape index (κ3) is 2.26. The van der Waals surface area contributed by atoms with Gasteiger partial charge in [-0.1, -0.05) is 19.1 Å². The summed E-state index contributed by atoms with van der Waals surface area (Å²) in [4.78, 5) is 11.1. The molecule has 4 nitrogen and oxygen atoms in total. The number of ether oxygens (including phenoxy) is 1. The van der Waals surface area contributed by atoms with Crippen LogP contribution in [0.1, 0.15) is 37.0 Å². The topological polar surface area (TPSA) is 72.6 Å². The highest BCUT2D eigenvalue weighted by Crippen LogP contribution is 2.37. The third-order valence-corrected chi connectivity index (χ3v) is 3.15. The van der Waals surface area contributed by atoms with Gasteiger partial charge in [-0.25, -0.2) is 0 Å². The van der Waals surface area contributed by atoms with Crippen molar-refractivity contribution in [3.63, 3.8) is 0 Å².